The second kappa shape index (κ2) is 7.50. The molecule has 2 nitrogen and oxygen atoms in total. The van der Waals surface area contributed by atoms with E-state index in [0.717, 1.165) is 6.04 Å². The fourth-order valence-corrected chi connectivity index (χ4v) is 4.51. The van der Waals surface area contributed by atoms with Crippen LogP contribution in [0.1, 0.15) is 42.9 Å². The molecule has 0 aromatic heterocycles. The van der Waals surface area contributed by atoms with Crippen molar-refractivity contribution in [3.63, 3.8) is 0 Å². The van der Waals surface area contributed by atoms with Crippen LogP contribution in [0.4, 0.5) is 0 Å². The van der Waals surface area contributed by atoms with Crippen LogP contribution in [0.25, 0.3) is 0 Å². The summed E-state index contributed by atoms with van der Waals surface area (Å²) >= 11 is 0. The van der Waals surface area contributed by atoms with Crippen LogP contribution >= 0.6 is 0 Å². The van der Waals surface area contributed by atoms with Gasteiger partial charge in [0.25, 0.3) is 0 Å². The van der Waals surface area contributed by atoms with Crippen LogP contribution in [0.5, 0.6) is 0 Å². The van der Waals surface area contributed by atoms with Gasteiger partial charge in [-0.05, 0) is 24.0 Å². The first-order chi connectivity index (χ1) is 11.9. The van der Waals surface area contributed by atoms with Crippen LogP contribution in [0.2, 0.25) is 0 Å². The first-order valence-corrected chi connectivity index (χ1v) is 9.50. The molecule has 2 aromatic rings. The summed E-state index contributed by atoms with van der Waals surface area (Å²) in [5.74, 6) is 0. The Hall–Kier alpha value is -1.64. The van der Waals surface area contributed by atoms with Crippen molar-refractivity contribution in [3.05, 3.63) is 71.8 Å². The number of hydrogen-bond donors (Lipinski definition) is 0. The summed E-state index contributed by atoms with van der Waals surface area (Å²) in [5.41, 5.74) is 2.83. The van der Waals surface area contributed by atoms with Gasteiger partial charge >= 0.3 is 0 Å². The minimum absolute atomic E-state index is 0.387. The maximum atomic E-state index is 2.75. The molecule has 126 valence electrons. The average molecular weight is 320 g/mol. The van der Waals surface area contributed by atoms with Gasteiger partial charge in [-0.15, -0.1) is 0 Å². The van der Waals surface area contributed by atoms with Gasteiger partial charge in [-0.2, -0.15) is 0 Å². The first-order valence-electron chi connectivity index (χ1n) is 9.50. The van der Waals surface area contributed by atoms with Crippen LogP contribution < -0.4 is 0 Å². The molecule has 1 aliphatic heterocycles. The van der Waals surface area contributed by atoms with Gasteiger partial charge in [0.05, 0.1) is 6.04 Å². The Morgan fingerprint density at radius 3 is 1.67 bits per heavy atom. The lowest BCUT2D eigenvalue weighted by atomic mass is 9.96. The molecule has 0 spiro atoms. The highest BCUT2D eigenvalue weighted by Gasteiger charge is 2.30. The van der Waals surface area contributed by atoms with Crippen molar-refractivity contribution in [1.29, 1.82) is 0 Å². The van der Waals surface area contributed by atoms with Crippen LogP contribution in [-0.4, -0.2) is 42.0 Å². The van der Waals surface area contributed by atoms with Crippen molar-refractivity contribution >= 4 is 0 Å². The van der Waals surface area contributed by atoms with E-state index in [9.17, 15) is 0 Å². The molecule has 24 heavy (non-hydrogen) atoms. The minimum atomic E-state index is 0.387. The molecule has 0 unspecified atom stereocenters. The first kappa shape index (κ1) is 15.9. The fourth-order valence-electron chi connectivity index (χ4n) is 4.51. The van der Waals surface area contributed by atoms with E-state index in [1.165, 1.54) is 63.0 Å². The largest absolute Gasteiger partial charge is 0.298 e. The quantitative estimate of drug-likeness (QED) is 0.827. The van der Waals surface area contributed by atoms with E-state index in [-0.39, 0.29) is 0 Å². The van der Waals surface area contributed by atoms with Gasteiger partial charge in [-0.1, -0.05) is 73.5 Å². The summed E-state index contributed by atoms with van der Waals surface area (Å²) in [6.45, 7) is 4.79. The van der Waals surface area contributed by atoms with Gasteiger partial charge in [-0.3, -0.25) is 9.80 Å². The molecular weight excluding hydrogens is 292 g/mol. The second-order valence-corrected chi connectivity index (χ2v) is 7.23. The summed E-state index contributed by atoms with van der Waals surface area (Å²) in [6, 6.07) is 23.3. The fraction of sp³-hybridized carbons (Fsp3) is 0.455. The molecule has 1 heterocycles. The number of rotatable bonds is 4. The topological polar surface area (TPSA) is 6.48 Å². The van der Waals surface area contributed by atoms with Crippen LogP contribution in [0.3, 0.4) is 0 Å². The molecule has 2 fully saturated rings. The maximum absolute atomic E-state index is 2.75. The minimum Gasteiger partial charge on any atom is -0.298 e. The van der Waals surface area contributed by atoms with Crippen molar-refractivity contribution in [2.45, 2.75) is 37.8 Å². The monoisotopic (exact) mass is 320 g/mol. The van der Waals surface area contributed by atoms with Crippen molar-refractivity contribution in [2.24, 2.45) is 0 Å². The Balaban J connectivity index is 1.52. The van der Waals surface area contributed by atoms with Crippen molar-refractivity contribution < 1.29 is 0 Å². The highest BCUT2D eigenvalue weighted by atomic mass is 15.3. The van der Waals surface area contributed by atoms with Crippen molar-refractivity contribution in [1.82, 2.24) is 9.80 Å². The van der Waals surface area contributed by atoms with Crippen molar-refractivity contribution in [3.8, 4) is 0 Å². The second-order valence-electron chi connectivity index (χ2n) is 7.23. The molecule has 4 rings (SSSR count). The number of benzene rings is 2. The third-order valence-corrected chi connectivity index (χ3v) is 5.79. The summed E-state index contributed by atoms with van der Waals surface area (Å²) in [5, 5.41) is 0. The Labute approximate surface area is 146 Å². The third-order valence-electron chi connectivity index (χ3n) is 5.79. The van der Waals surface area contributed by atoms with Crippen LogP contribution in [0, 0.1) is 0 Å². The normalized spacial score (nSPS) is 20.7. The van der Waals surface area contributed by atoms with E-state index in [1.807, 2.05) is 0 Å². The molecule has 1 saturated carbocycles. The molecule has 0 bridgehead atoms. The van der Waals surface area contributed by atoms with E-state index in [4.69, 9.17) is 0 Å². The van der Waals surface area contributed by atoms with E-state index in [0.29, 0.717) is 6.04 Å². The Bertz CT molecular complexity index is 571. The smallest absolute Gasteiger partial charge is 0.0602 e. The van der Waals surface area contributed by atoms with Gasteiger partial charge in [0.15, 0.2) is 0 Å². The predicted octanol–water partition coefficient (Wildman–Crippen LogP) is 4.34. The molecule has 2 heteroatoms. The lowest BCUT2D eigenvalue weighted by Gasteiger charge is -2.42. The van der Waals surface area contributed by atoms with E-state index >= 15 is 0 Å². The summed E-state index contributed by atoms with van der Waals surface area (Å²) < 4.78 is 0. The maximum Gasteiger partial charge on any atom is 0.0602 e. The van der Waals surface area contributed by atoms with Gasteiger partial charge in [0, 0.05) is 32.2 Å². The average Bonchev–Trinajstić information content (AvgIpc) is 3.19. The van der Waals surface area contributed by atoms with Gasteiger partial charge < -0.3 is 0 Å². The summed E-state index contributed by atoms with van der Waals surface area (Å²) in [6.07, 6.45) is 5.70. The molecule has 2 aromatic carbocycles. The highest BCUT2D eigenvalue weighted by molar-refractivity contribution is 5.31. The highest BCUT2D eigenvalue weighted by Crippen LogP contribution is 2.31. The molecule has 2 aliphatic rings. The lowest BCUT2D eigenvalue weighted by molar-refractivity contribution is 0.0804. The van der Waals surface area contributed by atoms with Crippen LogP contribution in [-0.2, 0) is 0 Å². The molecule has 0 N–H and O–H groups in total. The standard InChI is InChI=1S/C22H28N2/c1-3-9-19(10-4-1)22(20-11-5-2-6-12-20)24-17-15-23(16-18-24)21-13-7-8-14-21/h1-6,9-12,21-22H,7-8,13-18H2. The third kappa shape index (κ3) is 3.40. The zero-order valence-electron chi connectivity index (χ0n) is 14.5. The molecule has 0 atom stereocenters. The van der Waals surface area contributed by atoms with Gasteiger partial charge in [0.2, 0.25) is 0 Å². The van der Waals surface area contributed by atoms with Gasteiger partial charge in [0.1, 0.15) is 0 Å². The van der Waals surface area contributed by atoms with E-state index < -0.39 is 0 Å². The molecule has 0 radical (unpaired) electrons. The molecular formula is C22H28N2. The zero-order valence-corrected chi connectivity index (χ0v) is 14.5. The Kier molecular flexibility index (Phi) is 4.96. The zero-order chi connectivity index (χ0) is 16.2. The number of hydrogen-bond acceptors (Lipinski definition) is 2. The molecule has 0 amide bonds. The van der Waals surface area contributed by atoms with Crippen LogP contribution in [0.15, 0.2) is 60.7 Å². The van der Waals surface area contributed by atoms with E-state index in [1.54, 1.807) is 0 Å². The summed E-state index contributed by atoms with van der Waals surface area (Å²) in [7, 11) is 0. The Morgan fingerprint density at radius 1 is 0.667 bits per heavy atom. The lowest BCUT2D eigenvalue weighted by Crippen LogP contribution is -2.50. The molecule has 1 aliphatic carbocycles. The van der Waals surface area contributed by atoms with Crippen molar-refractivity contribution in [2.75, 3.05) is 26.2 Å². The summed E-state index contributed by atoms with van der Waals surface area (Å²) in [4.78, 5) is 5.42. The van der Waals surface area contributed by atoms with Gasteiger partial charge in [-0.25, -0.2) is 0 Å². The predicted molar refractivity (Wildman–Crippen MR) is 100 cm³/mol. The number of nitrogens with zero attached hydrogens (tertiary/aromatic N) is 2. The Morgan fingerprint density at radius 2 is 1.17 bits per heavy atom. The van der Waals surface area contributed by atoms with E-state index in [2.05, 4.69) is 70.5 Å². The SMILES string of the molecule is c1ccc(C(c2ccccc2)N2CCN(C3CCCC3)CC2)cc1. The molecule has 1 saturated heterocycles. The number of piperazine rings is 1.